The van der Waals surface area contributed by atoms with Gasteiger partial charge in [0.1, 0.15) is 26.3 Å². The van der Waals surface area contributed by atoms with Crippen molar-refractivity contribution in [3.63, 3.8) is 0 Å². The first-order chi connectivity index (χ1) is 20.9. The molecule has 0 amide bonds. The zero-order chi connectivity index (χ0) is 31.7. The second-order valence-electron chi connectivity index (χ2n) is 13.1. The molecule has 0 spiro atoms. The number of esters is 2. The van der Waals surface area contributed by atoms with Gasteiger partial charge in [-0.1, -0.05) is 115 Å². The van der Waals surface area contributed by atoms with Crippen molar-refractivity contribution < 1.29 is 23.5 Å². The van der Waals surface area contributed by atoms with E-state index < -0.39 is 0 Å². The fraction of sp³-hybridized carbons (Fsp3) is 0.842. The van der Waals surface area contributed by atoms with Crippen molar-refractivity contribution >= 4 is 11.9 Å². The smallest absolute Gasteiger partial charge is 0.305 e. The maximum absolute atomic E-state index is 12.1. The molecular formula is C38H72NO4+. The Kier molecular flexibility index (Phi) is 30.6. The second kappa shape index (κ2) is 31.8. The highest BCUT2D eigenvalue weighted by Crippen LogP contribution is 2.11. The minimum Gasteiger partial charge on any atom is -0.460 e. The largest absolute Gasteiger partial charge is 0.460 e. The van der Waals surface area contributed by atoms with Gasteiger partial charge in [-0.2, -0.15) is 0 Å². The van der Waals surface area contributed by atoms with E-state index in [2.05, 4.69) is 52.2 Å². The third-order valence-corrected chi connectivity index (χ3v) is 8.20. The van der Waals surface area contributed by atoms with E-state index in [0.717, 1.165) is 38.8 Å². The van der Waals surface area contributed by atoms with Gasteiger partial charge in [-0.15, -0.1) is 0 Å². The number of unbranched alkanes of at least 4 members (excludes halogenated alkanes) is 18. The Bertz CT molecular complexity index is 629. The molecule has 0 aromatic heterocycles. The van der Waals surface area contributed by atoms with Crippen molar-refractivity contribution in [3.8, 4) is 0 Å². The Hall–Kier alpha value is -1.62. The molecule has 0 rings (SSSR count). The number of hydrogen-bond donors (Lipinski definition) is 0. The van der Waals surface area contributed by atoms with Crippen LogP contribution in [0.3, 0.4) is 0 Å². The highest BCUT2D eigenvalue weighted by molar-refractivity contribution is 5.69. The molecule has 0 unspecified atom stereocenters. The first kappa shape index (κ1) is 41.4. The van der Waals surface area contributed by atoms with Crippen LogP contribution >= 0.6 is 0 Å². The number of allylic oxidation sites excluding steroid dienone is 4. The lowest BCUT2D eigenvalue weighted by Crippen LogP contribution is -2.45. The molecule has 0 N–H and O–H groups in total. The molecule has 252 valence electrons. The molecule has 0 saturated carbocycles. The summed E-state index contributed by atoms with van der Waals surface area (Å²) in [7, 11) is 4.18. The number of ether oxygens (including phenoxy) is 2. The van der Waals surface area contributed by atoms with E-state index in [1.807, 2.05) is 0 Å². The molecule has 0 aromatic carbocycles. The van der Waals surface area contributed by atoms with Crippen LogP contribution in [-0.2, 0) is 19.1 Å². The molecular weight excluding hydrogens is 534 g/mol. The minimum atomic E-state index is -0.0910. The van der Waals surface area contributed by atoms with Crippen LogP contribution in [0.1, 0.15) is 168 Å². The molecule has 5 nitrogen and oxygen atoms in total. The second-order valence-corrected chi connectivity index (χ2v) is 13.1. The van der Waals surface area contributed by atoms with Gasteiger partial charge >= 0.3 is 11.9 Å². The average molecular weight is 607 g/mol. The van der Waals surface area contributed by atoms with Crippen LogP contribution in [0.25, 0.3) is 0 Å². The summed E-state index contributed by atoms with van der Waals surface area (Å²) in [4.78, 5) is 24.2. The first-order valence-electron chi connectivity index (χ1n) is 18.3. The zero-order valence-electron chi connectivity index (χ0n) is 29.2. The summed E-state index contributed by atoms with van der Waals surface area (Å²) in [5.74, 6) is -0.182. The molecule has 43 heavy (non-hydrogen) atoms. The standard InChI is InChI=1S/C38H72NO4/c1-5-7-9-11-13-15-17-19-21-23-25-27-29-31-37(40)42-35-33-39(3,4)34-36-43-38(41)32-30-28-26-24-22-20-18-16-14-12-10-8-6-2/h15-18H,5-14,19-36H2,1-4H3/q+1/b17-15-,18-16-. The van der Waals surface area contributed by atoms with Gasteiger partial charge in [0, 0.05) is 12.8 Å². The number of nitrogens with zero attached hydrogens (tertiary/aromatic N) is 1. The van der Waals surface area contributed by atoms with Crippen molar-refractivity contribution in [1.29, 1.82) is 0 Å². The van der Waals surface area contributed by atoms with E-state index in [9.17, 15) is 9.59 Å². The number of carbonyl (C=O) groups excluding carboxylic acids is 2. The number of rotatable bonds is 32. The normalized spacial score (nSPS) is 12.0. The maximum atomic E-state index is 12.1. The van der Waals surface area contributed by atoms with Gasteiger partial charge < -0.3 is 14.0 Å². The summed E-state index contributed by atoms with van der Waals surface area (Å²) in [5.41, 5.74) is 0. The molecule has 0 aliphatic heterocycles. The van der Waals surface area contributed by atoms with Crippen LogP contribution < -0.4 is 0 Å². The number of likely N-dealkylation sites (N-methyl/N-ethyl adjacent to an activating group) is 1. The zero-order valence-corrected chi connectivity index (χ0v) is 29.2. The van der Waals surface area contributed by atoms with Gasteiger partial charge in [0.2, 0.25) is 0 Å². The summed E-state index contributed by atoms with van der Waals surface area (Å²) in [6.45, 7) is 6.79. The van der Waals surface area contributed by atoms with Crippen LogP contribution in [0.15, 0.2) is 24.3 Å². The lowest BCUT2D eigenvalue weighted by atomic mass is 10.1. The molecule has 5 heteroatoms. The molecule has 0 fully saturated rings. The number of hydrogen-bond acceptors (Lipinski definition) is 4. The van der Waals surface area contributed by atoms with E-state index >= 15 is 0 Å². The molecule has 0 aliphatic carbocycles. The summed E-state index contributed by atoms with van der Waals surface area (Å²) in [5, 5.41) is 0. The lowest BCUT2D eigenvalue weighted by Gasteiger charge is -2.29. The van der Waals surface area contributed by atoms with Crippen LogP contribution in [-0.4, -0.2) is 56.8 Å². The molecule has 0 aliphatic rings. The summed E-state index contributed by atoms with van der Waals surface area (Å²) in [6, 6.07) is 0. The highest BCUT2D eigenvalue weighted by atomic mass is 16.5. The third-order valence-electron chi connectivity index (χ3n) is 8.20. The monoisotopic (exact) mass is 607 g/mol. The van der Waals surface area contributed by atoms with E-state index in [4.69, 9.17) is 9.47 Å². The Morgan fingerprint density at radius 2 is 0.767 bits per heavy atom. The fourth-order valence-electron chi connectivity index (χ4n) is 5.04. The lowest BCUT2D eigenvalue weighted by molar-refractivity contribution is -0.890. The van der Waals surface area contributed by atoms with Crippen molar-refractivity contribution in [2.75, 3.05) is 40.4 Å². The minimum absolute atomic E-state index is 0.0910. The molecule has 0 radical (unpaired) electrons. The predicted molar refractivity (Wildman–Crippen MR) is 184 cm³/mol. The molecule has 0 atom stereocenters. The summed E-state index contributed by atoms with van der Waals surface area (Å²) in [6.07, 6.45) is 37.3. The van der Waals surface area contributed by atoms with Crippen molar-refractivity contribution in [3.05, 3.63) is 24.3 Å². The van der Waals surface area contributed by atoms with Crippen molar-refractivity contribution in [2.45, 2.75) is 168 Å². The summed E-state index contributed by atoms with van der Waals surface area (Å²) < 4.78 is 11.6. The SMILES string of the molecule is CCCCCC/C=C\CCCCCCCC(=O)OCC[N+](C)(C)CCOC(=O)CCCCCCC/C=C\CCCCCC. The fourth-order valence-corrected chi connectivity index (χ4v) is 5.04. The number of carbonyl (C=O) groups is 2. The van der Waals surface area contributed by atoms with E-state index in [1.54, 1.807) is 0 Å². The van der Waals surface area contributed by atoms with Gasteiger partial charge in [-0.25, -0.2) is 0 Å². The van der Waals surface area contributed by atoms with E-state index in [1.165, 1.54) is 116 Å². The van der Waals surface area contributed by atoms with Crippen molar-refractivity contribution in [2.24, 2.45) is 0 Å². The maximum Gasteiger partial charge on any atom is 0.305 e. The third kappa shape index (κ3) is 33.1. The van der Waals surface area contributed by atoms with Gasteiger partial charge in [0.25, 0.3) is 0 Å². The van der Waals surface area contributed by atoms with Gasteiger partial charge in [-0.05, 0) is 64.2 Å². The topological polar surface area (TPSA) is 52.6 Å². The Labute approximate surface area is 267 Å². The Balaban J connectivity index is 3.57. The average Bonchev–Trinajstić information content (AvgIpc) is 2.97. The molecule has 0 heterocycles. The van der Waals surface area contributed by atoms with Gasteiger partial charge in [-0.3, -0.25) is 9.59 Å². The van der Waals surface area contributed by atoms with E-state index in [0.29, 0.717) is 30.5 Å². The summed E-state index contributed by atoms with van der Waals surface area (Å²) >= 11 is 0. The Morgan fingerprint density at radius 3 is 1.12 bits per heavy atom. The molecule has 0 aromatic rings. The van der Waals surface area contributed by atoms with Gasteiger partial charge in [0.05, 0.1) is 14.1 Å². The van der Waals surface area contributed by atoms with Crippen LogP contribution in [0, 0.1) is 0 Å². The van der Waals surface area contributed by atoms with Crippen molar-refractivity contribution in [1.82, 2.24) is 0 Å². The van der Waals surface area contributed by atoms with Crippen LogP contribution in [0.2, 0.25) is 0 Å². The Morgan fingerprint density at radius 1 is 0.465 bits per heavy atom. The van der Waals surface area contributed by atoms with Gasteiger partial charge in [0.15, 0.2) is 0 Å². The first-order valence-corrected chi connectivity index (χ1v) is 18.3. The van der Waals surface area contributed by atoms with E-state index in [-0.39, 0.29) is 11.9 Å². The number of quaternary nitrogens is 1. The highest BCUT2D eigenvalue weighted by Gasteiger charge is 2.17. The quantitative estimate of drug-likeness (QED) is 0.0331. The van der Waals surface area contributed by atoms with Crippen LogP contribution in [0.5, 0.6) is 0 Å². The predicted octanol–water partition coefficient (Wildman–Crippen LogP) is 10.7. The molecule has 0 bridgehead atoms. The molecule has 0 saturated heterocycles. The van der Waals surface area contributed by atoms with Crippen LogP contribution in [0.4, 0.5) is 0 Å².